The van der Waals surface area contributed by atoms with Gasteiger partial charge in [-0.25, -0.2) is 0 Å². The zero-order valence-corrected chi connectivity index (χ0v) is 13.2. The average molecular weight is 337 g/mol. The number of nitrogens with two attached hydrogens (primary N) is 1. The summed E-state index contributed by atoms with van der Waals surface area (Å²) >= 11 is 0. The lowest BCUT2D eigenvalue weighted by Crippen LogP contribution is -2.41. The normalized spacial score (nSPS) is 23.1. The first kappa shape index (κ1) is 18.8. The topological polar surface area (TPSA) is 46.3 Å². The summed E-state index contributed by atoms with van der Waals surface area (Å²) in [4.78, 5) is 13.8. The Morgan fingerprint density at radius 1 is 1.32 bits per heavy atom. The summed E-state index contributed by atoms with van der Waals surface area (Å²) in [6.45, 7) is 4.23. The van der Waals surface area contributed by atoms with Crippen LogP contribution in [0, 0.1) is 5.92 Å². The van der Waals surface area contributed by atoms with E-state index in [1.807, 2.05) is 6.92 Å². The Bertz CT molecular complexity index is 517. The molecule has 1 aliphatic rings. The van der Waals surface area contributed by atoms with Crippen LogP contribution in [0.5, 0.6) is 0 Å². The Morgan fingerprint density at radius 3 is 2.32 bits per heavy atom. The van der Waals surface area contributed by atoms with Crippen molar-refractivity contribution in [3.05, 3.63) is 35.4 Å². The van der Waals surface area contributed by atoms with E-state index in [2.05, 4.69) is 0 Å². The van der Waals surface area contributed by atoms with E-state index < -0.39 is 17.8 Å². The highest BCUT2D eigenvalue weighted by molar-refractivity contribution is 5.85. The van der Waals surface area contributed by atoms with Crippen molar-refractivity contribution in [2.75, 3.05) is 6.54 Å². The molecule has 7 heteroatoms. The van der Waals surface area contributed by atoms with Crippen molar-refractivity contribution in [3.8, 4) is 0 Å². The number of hydrogen-bond acceptors (Lipinski definition) is 2. The second-order valence-electron chi connectivity index (χ2n) is 5.76. The van der Waals surface area contributed by atoms with Crippen LogP contribution in [0.15, 0.2) is 24.3 Å². The Morgan fingerprint density at radius 2 is 1.86 bits per heavy atom. The number of rotatable bonds is 2. The summed E-state index contributed by atoms with van der Waals surface area (Å²) in [5, 5.41) is 0. The molecule has 1 amide bonds. The Hall–Kier alpha value is -1.27. The molecule has 2 N–H and O–H groups in total. The molecule has 1 aromatic carbocycles. The highest BCUT2D eigenvalue weighted by Crippen LogP contribution is 2.37. The fourth-order valence-corrected chi connectivity index (χ4v) is 2.76. The molecule has 0 bridgehead atoms. The van der Waals surface area contributed by atoms with Gasteiger partial charge in [0.2, 0.25) is 5.91 Å². The van der Waals surface area contributed by atoms with Crippen molar-refractivity contribution in [2.24, 2.45) is 11.7 Å². The highest BCUT2D eigenvalue weighted by Gasteiger charge is 2.36. The third kappa shape index (κ3) is 3.93. The monoisotopic (exact) mass is 336 g/mol. The van der Waals surface area contributed by atoms with Gasteiger partial charge in [-0.1, -0.05) is 19.1 Å². The first-order valence-electron chi connectivity index (χ1n) is 6.93. The third-order valence-electron chi connectivity index (χ3n) is 3.81. The van der Waals surface area contributed by atoms with Crippen LogP contribution in [-0.4, -0.2) is 23.4 Å². The van der Waals surface area contributed by atoms with Crippen LogP contribution in [0.1, 0.15) is 37.4 Å². The van der Waals surface area contributed by atoms with Gasteiger partial charge in [0, 0.05) is 6.54 Å². The minimum Gasteiger partial charge on any atom is -0.334 e. The van der Waals surface area contributed by atoms with E-state index >= 15 is 0 Å². The largest absolute Gasteiger partial charge is 0.416 e. The van der Waals surface area contributed by atoms with Crippen LogP contribution in [0.25, 0.3) is 0 Å². The SMILES string of the molecule is CC1CC(c2ccc(C(F)(F)F)cc2)N(C(=O)C(C)N)C1.Cl. The number of benzene rings is 1. The average Bonchev–Trinajstić information content (AvgIpc) is 2.79. The van der Waals surface area contributed by atoms with E-state index in [0.29, 0.717) is 12.5 Å². The molecule has 2 rings (SSSR count). The van der Waals surface area contributed by atoms with Crippen LogP contribution in [0.2, 0.25) is 0 Å². The first-order valence-corrected chi connectivity index (χ1v) is 6.93. The molecule has 3 atom stereocenters. The van der Waals surface area contributed by atoms with E-state index in [4.69, 9.17) is 5.73 Å². The van der Waals surface area contributed by atoms with Crippen LogP contribution in [-0.2, 0) is 11.0 Å². The molecule has 0 aromatic heterocycles. The van der Waals surface area contributed by atoms with Crippen molar-refractivity contribution < 1.29 is 18.0 Å². The number of hydrogen-bond donors (Lipinski definition) is 1. The Balaban J connectivity index is 0.00000242. The first-order chi connectivity index (χ1) is 9.70. The number of carbonyl (C=O) groups is 1. The van der Waals surface area contributed by atoms with Crippen LogP contribution < -0.4 is 5.73 Å². The van der Waals surface area contributed by atoms with Gasteiger partial charge in [0.25, 0.3) is 0 Å². The summed E-state index contributed by atoms with van der Waals surface area (Å²) in [6, 6.07) is 4.23. The van der Waals surface area contributed by atoms with Gasteiger partial charge in [0.05, 0.1) is 17.6 Å². The standard InChI is InChI=1S/C15H19F3N2O.ClH/c1-9-7-13(20(8-9)14(21)10(2)19)11-3-5-12(6-4-11)15(16,17)18;/h3-6,9-10,13H,7-8,19H2,1-2H3;1H. The van der Waals surface area contributed by atoms with Gasteiger partial charge in [-0.3, -0.25) is 4.79 Å². The van der Waals surface area contributed by atoms with Crippen LogP contribution >= 0.6 is 12.4 Å². The van der Waals surface area contributed by atoms with Crippen LogP contribution in [0.4, 0.5) is 13.2 Å². The van der Waals surface area contributed by atoms with Crippen molar-refractivity contribution in [1.82, 2.24) is 4.90 Å². The van der Waals surface area contributed by atoms with E-state index in [0.717, 1.165) is 24.1 Å². The fourth-order valence-electron chi connectivity index (χ4n) is 2.76. The quantitative estimate of drug-likeness (QED) is 0.900. The summed E-state index contributed by atoms with van der Waals surface area (Å²) in [5.41, 5.74) is 5.69. The maximum absolute atomic E-state index is 12.6. The number of halogens is 4. The number of likely N-dealkylation sites (tertiary alicyclic amines) is 1. The predicted molar refractivity (Wildman–Crippen MR) is 80.6 cm³/mol. The lowest BCUT2D eigenvalue weighted by Gasteiger charge is -2.26. The fraction of sp³-hybridized carbons (Fsp3) is 0.533. The molecule has 124 valence electrons. The maximum atomic E-state index is 12.6. The molecule has 1 fully saturated rings. The summed E-state index contributed by atoms with van der Waals surface area (Å²) in [6.07, 6.45) is -3.60. The smallest absolute Gasteiger partial charge is 0.334 e. The highest BCUT2D eigenvalue weighted by atomic mass is 35.5. The molecule has 0 saturated carbocycles. The number of carbonyl (C=O) groups excluding carboxylic acids is 1. The maximum Gasteiger partial charge on any atom is 0.416 e. The Kier molecular flexibility index (Phi) is 5.87. The zero-order valence-electron chi connectivity index (χ0n) is 12.4. The molecule has 1 aliphatic heterocycles. The molecule has 1 heterocycles. The van der Waals surface area contributed by atoms with Gasteiger partial charge in [0.1, 0.15) is 0 Å². The predicted octanol–water partition coefficient (Wildman–Crippen LogP) is 3.38. The minimum absolute atomic E-state index is 0. The van der Waals surface area contributed by atoms with Crippen molar-refractivity contribution >= 4 is 18.3 Å². The summed E-state index contributed by atoms with van der Waals surface area (Å²) in [5.74, 6) is 0.143. The molecule has 3 unspecified atom stereocenters. The second kappa shape index (κ2) is 6.87. The lowest BCUT2D eigenvalue weighted by atomic mass is 9.99. The van der Waals surface area contributed by atoms with Gasteiger partial charge in [-0.2, -0.15) is 13.2 Å². The number of amides is 1. The Labute approximate surface area is 134 Å². The van der Waals surface area contributed by atoms with Gasteiger partial charge in [-0.05, 0) is 37.0 Å². The number of alkyl halides is 3. The summed E-state index contributed by atoms with van der Waals surface area (Å²) in [7, 11) is 0. The molecule has 3 nitrogen and oxygen atoms in total. The third-order valence-corrected chi connectivity index (χ3v) is 3.81. The van der Waals surface area contributed by atoms with E-state index in [1.54, 1.807) is 11.8 Å². The van der Waals surface area contributed by atoms with Crippen molar-refractivity contribution in [2.45, 2.75) is 38.5 Å². The molecule has 22 heavy (non-hydrogen) atoms. The molecular weight excluding hydrogens is 317 g/mol. The van der Waals surface area contributed by atoms with Crippen molar-refractivity contribution in [3.63, 3.8) is 0 Å². The molecular formula is C15H20ClF3N2O. The van der Waals surface area contributed by atoms with E-state index in [1.165, 1.54) is 12.1 Å². The zero-order chi connectivity index (χ0) is 15.8. The molecule has 1 saturated heterocycles. The van der Waals surface area contributed by atoms with Crippen LogP contribution in [0.3, 0.4) is 0 Å². The van der Waals surface area contributed by atoms with Gasteiger partial charge >= 0.3 is 6.18 Å². The van der Waals surface area contributed by atoms with Gasteiger partial charge in [0.15, 0.2) is 0 Å². The summed E-state index contributed by atoms with van der Waals surface area (Å²) < 4.78 is 37.8. The minimum atomic E-state index is -4.34. The van der Waals surface area contributed by atoms with Gasteiger partial charge in [-0.15, -0.1) is 12.4 Å². The molecule has 0 aliphatic carbocycles. The van der Waals surface area contributed by atoms with Crippen molar-refractivity contribution in [1.29, 1.82) is 0 Å². The van der Waals surface area contributed by atoms with E-state index in [-0.39, 0.29) is 24.4 Å². The van der Waals surface area contributed by atoms with Gasteiger partial charge < -0.3 is 10.6 Å². The molecule has 0 radical (unpaired) electrons. The number of nitrogens with zero attached hydrogens (tertiary/aromatic N) is 1. The van der Waals surface area contributed by atoms with E-state index in [9.17, 15) is 18.0 Å². The molecule has 1 aromatic rings. The second-order valence-corrected chi connectivity index (χ2v) is 5.76. The lowest BCUT2D eigenvalue weighted by molar-refractivity contribution is -0.137. The molecule has 0 spiro atoms.